The Morgan fingerprint density at radius 1 is 1.25 bits per heavy atom. The molecule has 0 aliphatic carbocycles. The molecular weight excluding hydrogens is 256 g/mol. The van der Waals surface area contributed by atoms with Crippen LogP contribution < -0.4 is 5.84 Å². The standard InChI is InChI=1S/C13H10N6O/c14-8-11-7-10(3-6-18-11)13(20)19(16)12(15)9-1-4-17-5-2-9/h1-7,15H,16H2. The number of hydrogen-bond donors (Lipinski definition) is 2. The predicted octanol–water partition coefficient (Wildman–Crippen LogP) is 0.690. The van der Waals surface area contributed by atoms with Crippen LogP contribution in [-0.4, -0.2) is 26.7 Å². The molecule has 3 N–H and O–H groups in total. The van der Waals surface area contributed by atoms with Gasteiger partial charge in [-0.15, -0.1) is 0 Å². The Morgan fingerprint density at radius 2 is 1.90 bits per heavy atom. The number of nitrogens with two attached hydrogens (primary N) is 1. The van der Waals surface area contributed by atoms with Crippen LogP contribution in [0.25, 0.3) is 0 Å². The van der Waals surface area contributed by atoms with Crippen molar-refractivity contribution in [3.63, 3.8) is 0 Å². The average Bonchev–Trinajstić information content (AvgIpc) is 2.53. The van der Waals surface area contributed by atoms with Crippen molar-refractivity contribution in [2.24, 2.45) is 5.84 Å². The van der Waals surface area contributed by atoms with Crippen LogP contribution in [0.4, 0.5) is 0 Å². The number of nitrogens with one attached hydrogen (secondary N) is 1. The predicted molar refractivity (Wildman–Crippen MR) is 70.4 cm³/mol. The quantitative estimate of drug-likeness (QED) is 0.272. The van der Waals surface area contributed by atoms with Crippen LogP contribution in [-0.2, 0) is 0 Å². The van der Waals surface area contributed by atoms with Gasteiger partial charge in [-0.1, -0.05) is 0 Å². The summed E-state index contributed by atoms with van der Waals surface area (Å²) in [6.45, 7) is 0. The highest BCUT2D eigenvalue weighted by atomic mass is 16.2. The molecule has 0 bridgehead atoms. The van der Waals surface area contributed by atoms with E-state index in [0.717, 1.165) is 0 Å². The Bertz CT molecular complexity index is 692. The molecule has 2 rings (SSSR count). The summed E-state index contributed by atoms with van der Waals surface area (Å²) in [5.74, 6) is 4.90. The van der Waals surface area contributed by atoms with Crippen LogP contribution >= 0.6 is 0 Å². The summed E-state index contributed by atoms with van der Waals surface area (Å²) in [6.07, 6.45) is 4.35. The number of nitriles is 1. The first kappa shape index (κ1) is 13.3. The lowest BCUT2D eigenvalue weighted by molar-refractivity contribution is 0.0846. The van der Waals surface area contributed by atoms with E-state index in [-0.39, 0.29) is 17.1 Å². The molecule has 0 saturated heterocycles. The summed E-state index contributed by atoms with van der Waals surface area (Å²) in [6, 6.07) is 7.74. The zero-order valence-electron chi connectivity index (χ0n) is 10.3. The van der Waals surface area contributed by atoms with Crippen LogP contribution in [0.1, 0.15) is 21.6 Å². The van der Waals surface area contributed by atoms with Crippen molar-refractivity contribution in [3.8, 4) is 6.07 Å². The van der Waals surface area contributed by atoms with Crippen molar-refractivity contribution in [3.05, 3.63) is 59.7 Å². The Labute approximate surface area is 114 Å². The van der Waals surface area contributed by atoms with E-state index in [1.807, 2.05) is 6.07 Å². The number of hydrazine groups is 1. The molecule has 0 aromatic carbocycles. The summed E-state index contributed by atoms with van der Waals surface area (Å²) in [5.41, 5.74) is 0.767. The topological polar surface area (TPSA) is 120 Å². The van der Waals surface area contributed by atoms with E-state index in [0.29, 0.717) is 10.6 Å². The molecule has 1 amide bonds. The first-order valence-corrected chi connectivity index (χ1v) is 5.57. The molecule has 0 spiro atoms. The van der Waals surface area contributed by atoms with Gasteiger partial charge in [0.25, 0.3) is 5.91 Å². The first-order valence-electron chi connectivity index (χ1n) is 5.57. The largest absolute Gasteiger partial charge is 0.283 e. The molecule has 20 heavy (non-hydrogen) atoms. The zero-order chi connectivity index (χ0) is 14.5. The number of amides is 1. The van der Waals surface area contributed by atoms with E-state index in [2.05, 4.69) is 9.97 Å². The highest BCUT2D eigenvalue weighted by molar-refractivity contribution is 6.10. The van der Waals surface area contributed by atoms with Crippen LogP contribution in [0.2, 0.25) is 0 Å². The number of amidine groups is 1. The van der Waals surface area contributed by atoms with Crippen molar-refractivity contribution < 1.29 is 4.79 Å². The lowest BCUT2D eigenvalue weighted by atomic mass is 10.2. The van der Waals surface area contributed by atoms with Crippen LogP contribution in [0.3, 0.4) is 0 Å². The molecule has 0 radical (unpaired) electrons. The molecule has 98 valence electrons. The van der Waals surface area contributed by atoms with Gasteiger partial charge >= 0.3 is 0 Å². The molecule has 0 saturated carbocycles. The Morgan fingerprint density at radius 3 is 2.55 bits per heavy atom. The van der Waals surface area contributed by atoms with Gasteiger partial charge in [-0.3, -0.25) is 15.2 Å². The smallest absolute Gasteiger partial charge is 0.273 e. The summed E-state index contributed by atoms with van der Waals surface area (Å²) in [5, 5.41) is 17.4. The molecule has 7 nitrogen and oxygen atoms in total. The van der Waals surface area contributed by atoms with Gasteiger partial charge in [-0.25, -0.2) is 15.8 Å². The highest BCUT2D eigenvalue weighted by Gasteiger charge is 2.18. The van der Waals surface area contributed by atoms with Gasteiger partial charge in [0.1, 0.15) is 17.6 Å². The third-order valence-electron chi connectivity index (χ3n) is 2.53. The zero-order valence-corrected chi connectivity index (χ0v) is 10.3. The van der Waals surface area contributed by atoms with E-state index in [1.165, 1.54) is 30.7 Å². The maximum absolute atomic E-state index is 12.1. The van der Waals surface area contributed by atoms with E-state index >= 15 is 0 Å². The third kappa shape index (κ3) is 2.66. The number of hydrogen-bond acceptors (Lipinski definition) is 6. The van der Waals surface area contributed by atoms with Crippen molar-refractivity contribution in [1.29, 1.82) is 10.7 Å². The van der Waals surface area contributed by atoms with E-state index in [1.54, 1.807) is 12.1 Å². The van der Waals surface area contributed by atoms with Crippen LogP contribution in [0.5, 0.6) is 0 Å². The van der Waals surface area contributed by atoms with Gasteiger partial charge in [0.15, 0.2) is 0 Å². The Kier molecular flexibility index (Phi) is 3.79. The molecule has 2 heterocycles. The summed E-state index contributed by atoms with van der Waals surface area (Å²) in [7, 11) is 0. The number of carbonyl (C=O) groups excluding carboxylic acids is 1. The van der Waals surface area contributed by atoms with Gasteiger partial charge < -0.3 is 0 Å². The van der Waals surface area contributed by atoms with Crippen LogP contribution in [0.15, 0.2) is 42.9 Å². The molecule has 0 atom stereocenters. The summed E-state index contributed by atoms with van der Waals surface area (Å²) < 4.78 is 0. The van der Waals surface area contributed by atoms with Crippen molar-refractivity contribution in [2.45, 2.75) is 0 Å². The molecule has 0 unspecified atom stereocenters. The normalized spacial score (nSPS) is 9.60. The number of aromatic nitrogens is 2. The fourth-order valence-electron chi connectivity index (χ4n) is 1.51. The van der Waals surface area contributed by atoms with Gasteiger partial charge in [-0.2, -0.15) is 5.26 Å². The van der Waals surface area contributed by atoms with Crippen molar-refractivity contribution in [1.82, 2.24) is 15.0 Å². The summed E-state index contributed by atoms with van der Waals surface area (Å²) in [4.78, 5) is 19.7. The van der Waals surface area contributed by atoms with Gasteiger partial charge in [0, 0.05) is 29.7 Å². The fourth-order valence-corrected chi connectivity index (χ4v) is 1.51. The number of nitrogens with zero attached hydrogens (tertiary/aromatic N) is 4. The fraction of sp³-hybridized carbons (Fsp3) is 0. The monoisotopic (exact) mass is 266 g/mol. The van der Waals surface area contributed by atoms with Crippen molar-refractivity contribution >= 4 is 11.7 Å². The molecule has 0 aliphatic heterocycles. The summed E-state index contributed by atoms with van der Waals surface area (Å²) >= 11 is 0. The maximum atomic E-state index is 12.1. The number of pyridine rings is 2. The lowest BCUT2D eigenvalue weighted by Gasteiger charge is -2.17. The minimum atomic E-state index is -0.592. The number of rotatable bonds is 2. The first-order chi connectivity index (χ1) is 9.63. The molecular formula is C13H10N6O. The SMILES string of the molecule is N#Cc1cc(C(=O)N(N)C(=N)c2ccncc2)ccn1. The molecule has 7 heteroatoms. The Hall–Kier alpha value is -3.11. The second kappa shape index (κ2) is 5.69. The van der Waals surface area contributed by atoms with Gasteiger partial charge in [0.2, 0.25) is 0 Å². The molecule has 2 aromatic heterocycles. The second-order valence-electron chi connectivity index (χ2n) is 3.80. The molecule has 0 aliphatic rings. The Balaban J connectivity index is 2.25. The van der Waals surface area contributed by atoms with Gasteiger partial charge in [0.05, 0.1) is 0 Å². The number of carbonyl (C=O) groups is 1. The van der Waals surface area contributed by atoms with E-state index in [4.69, 9.17) is 16.5 Å². The molecule has 2 aromatic rings. The highest BCUT2D eigenvalue weighted by Crippen LogP contribution is 2.07. The second-order valence-corrected chi connectivity index (χ2v) is 3.80. The maximum Gasteiger partial charge on any atom is 0.273 e. The average molecular weight is 266 g/mol. The third-order valence-corrected chi connectivity index (χ3v) is 2.53. The lowest BCUT2D eigenvalue weighted by Crippen LogP contribution is -2.42. The van der Waals surface area contributed by atoms with E-state index < -0.39 is 5.91 Å². The van der Waals surface area contributed by atoms with Gasteiger partial charge in [-0.05, 0) is 24.3 Å². The van der Waals surface area contributed by atoms with Crippen molar-refractivity contribution in [2.75, 3.05) is 0 Å². The molecule has 0 fully saturated rings. The minimum absolute atomic E-state index is 0.111. The van der Waals surface area contributed by atoms with Crippen LogP contribution in [0, 0.1) is 16.7 Å². The van der Waals surface area contributed by atoms with E-state index in [9.17, 15) is 4.79 Å². The minimum Gasteiger partial charge on any atom is -0.283 e.